The van der Waals surface area contributed by atoms with E-state index in [2.05, 4.69) is 25.8 Å². The molecule has 88 valence electrons. The lowest BCUT2D eigenvalue weighted by molar-refractivity contribution is -0.120. The Hall–Kier alpha value is -0.370. The van der Waals surface area contributed by atoms with E-state index in [4.69, 9.17) is 0 Å². The minimum absolute atomic E-state index is 0.402. The van der Waals surface area contributed by atoms with Crippen molar-refractivity contribution in [3.05, 3.63) is 0 Å². The predicted molar refractivity (Wildman–Crippen MR) is 64.0 cm³/mol. The van der Waals surface area contributed by atoms with Crippen LogP contribution in [0.5, 0.6) is 0 Å². The lowest BCUT2D eigenvalue weighted by Gasteiger charge is -2.33. The molecule has 0 N–H and O–H groups in total. The third kappa shape index (κ3) is 4.33. The summed E-state index contributed by atoms with van der Waals surface area (Å²) in [5.41, 5.74) is 0. The summed E-state index contributed by atoms with van der Waals surface area (Å²) in [6.45, 7) is 5.06. The fourth-order valence-corrected chi connectivity index (χ4v) is 2.45. The predicted octanol–water partition coefficient (Wildman–Crippen LogP) is 2.87. The Labute approximate surface area is 94.0 Å². The van der Waals surface area contributed by atoms with Crippen molar-refractivity contribution in [3.63, 3.8) is 0 Å². The molecule has 1 saturated carbocycles. The second kappa shape index (κ2) is 6.26. The first kappa shape index (κ1) is 12.7. The number of carbonyl (C=O) groups excluding carboxylic acids is 1. The molecule has 0 aromatic heterocycles. The molecule has 0 aromatic rings. The number of rotatable bonds is 5. The Morgan fingerprint density at radius 3 is 2.40 bits per heavy atom. The highest BCUT2D eigenvalue weighted by Crippen LogP contribution is 2.26. The largest absolute Gasteiger partial charge is 0.298 e. The second-order valence-electron chi connectivity index (χ2n) is 5.12. The molecule has 0 saturated heterocycles. The molecule has 15 heavy (non-hydrogen) atoms. The van der Waals surface area contributed by atoms with Gasteiger partial charge in [-0.25, -0.2) is 0 Å². The van der Waals surface area contributed by atoms with Gasteiger partial charge in [0.1, 0.15) is 5.78 Å². The molecular formula is C13H25NO. The van der Waals surface area contributed by atoms with Gasteiger partial charge in [-0.3, -0.25) is 9.69 Å². The average Bonchev–Trinajstić information content (AvgIpc) is 2.18. The minimum atomic E-state index is 0.402. The zero-order valence-electron chi connectivity index (χ0n) is 10.5. The zero-order chi connectivity index (χ0) is 11.3. The molecule has 1 aliphatic carbocycles. The number of hydrogen-bond donors (Lipinski definition) is 0. The van der Waals surface area contributed by atoms with Gasteiger partial charge in [0.25, 0.3) is 0 Å². The first-order valence-corrected chi connectivity index (χ1v) is 6.35. The topological polar surface area (TPSA) is 20.3 Å². The zero-order valence-corrected chi connectivity index (χ0v) is 10.5. The van der Waals surface area contributed by atoms with Gasteiger partial charge in [-0.2, -0.15) is 0 Å². The molecule has 0 aromatic carbocycles. The number of hydrogen-bond acceptors (Lipinski definition) is 2. The quantitative estimate of drug-likeness (QED) is 0.697. The number of likely N-dealkylation sites (N-methyl/N-ethyl adjacent to an activating group) is 1. The summed E-state index contributed by atoms with van der Waals surface area (Å²) in [4.78, 5) is 13.8. The maximum atomic E-state index is 11.5. The van der Waals surface area contributed by atoms with Crippen LogP contribution in [-0.4, -0.2) is 30.3 Å². The third-order valence-corrected chi connectivity index (χ3v) is 3.56. The molecule has 0 aliphatic heterocycles. The van der Waals surface area contributed by atoms with Crippen LogP contribution < -0.4 is 0 Å². The normalized spacial score (nSPS) is 26.9. The molecule has 0 bridgehead atoms. The molecule has 0 heterocycles. The molecular weight excluding hydrogens is 186 g/mol. The summed E-state index contributed by atoms with van der Waals surface area (Å²) in [7, 11) is 2.11. The van der Waals surface area contributed by atoms with Gasteiger partial charge in [-0.1, -0.05) is 13.8 Å². The Morgan fingerprint density at radius 1 is 1.27 bits per heavy atom. The first-order valence-electron chi connectivity index (χ1n) is 6.35. The molecule has 0 atom stereocenters. The van der Waals surface area contributed by atoms with E-state index in [1.165, 1.54) is 25.7 Å². The lowest BCUT2D eigenvalue weighted by atomic mass is 9.86. The molecule has 1 fully saturated rings. The van der Waals surface area contributed by atoms with Crippen LogP contribution >= 0.6 is 0 Å². The van der Waals surface area contributed by atoms with Crippen LogP contribution in [0, 0.1) is 5.92 Å². The Morgan fingerprint density at radius 2 is 1.87 bits per heavy atom. The van der Waals surface area contributed by atoms with Crippen molar-refractivity contribution < 1.29 is 4.79 Å². The molecule has 2 heteroatoms. The van der Waals surface area contributed by atoms with Crippen molar-refractivity contribution in [2.24, 2.45) is 5.92 Å². The fourth-order valence-electron chi connectivity index (χ4n) is 2.45. The lowest BCUT2D eigenvalue weighted by Crippen LogP contribution is -2.38. The summed E-state index contributed by atoms with van der Waals surface area (Å²) in [6.07, 6.45) is 6.93. The minimum Gasteiger partial charge on any atom is -0.298 e. The van der Waals surface area contributed by atoms with Crippen molar-refractivity contribution in [2.75, 3.05) is 13.6 Å². The fraction of sp³-hybridized carbons (Fsp3) is 0.923. The van der Waals surface area contributed by atoms with Crippen LogP contribution in [0.1, 0.15) is 52.4 Å². The van der Waals surface area contributed by atoms with E-state index in [1.807, 2.05) is 0 Å². The number of ketones is 1. The summed E-state index contributed by atoms with van der Waals surface area (Å²) in [5, 5.41) is 0. The highest BCUT2D eigenvalue weighted by molar-refractivity contribution is 5.80. The van der Waals surface area contributed by atoms with Gasteiger partial charge in [0, 0.05) is 12.5 Å². The van der Waals surface area contributed by atoms with Gasteiger partial charge in [0.05, 0.1) is 6.54 Å². The number of Topliss-reactive ketones (excluding diaryl/α,β-unsaturated/α-hetero) is 1. The molecule has 0 unspecified atom stereocenters. The van der Waals surface area contributed by atoms with Gasteiger partial charge in [-0.15, -0.1) is 0 Å². The van der Waals surface area contributed by atoms with Gasteiger partial charge >= 0.3 is 0 Å². The van der Waals surface area contributed by atoms with E-state index >= 15 is 0 Å². The molecule has 0 amide bonds. The first-order chi connectivity index (χ1) is 7.13. The highest BCUT2D eigenvalue weighted by atomic mass is 16.1. The third-order valence-electron chi connectivity index (χ3n) is 3.56. The summed E-state index contributed by atoms with van der Waals surface area (Å²) >= 11 is 0. The van der Waals surface area contributed by atoms with Crippen LogP contribution in [0.4, 0.5) is 0 Å². The van der Waals surface area contributed by atoms with Crippen molar-refractivity contribution >= 4 is 5.78 Å². The van der Waals surface area contributed by atoms with E-state index < -0.39 is 0 Å². The van der Waals surface area contributed by atoms with E-state index in [0.717, 1.165) is 18.8 Å². The molecule has 1 aliphatic rings. The van der Waals surface area contributed by atoms with Crippen molar-refractivity contribution in [1.82, 2.24) is 4.90 Å². The number of nitrogens with zero attached hydrogens (tertiary/aromatic N) is 1. The van der Waals surface area contributed by atoms with Crippen molar-refractivity contribution in [3.8, 4) is 0 Å². The Bertz CT molecular complexity index is 195. The van der Waals surface area contributed by atoms with E-state index in [0.29, 0.717) is 18.4 Å². The summed E-state index contributed by atoms with van der Waals surface area (Å²) in [6, 6.07) is 0.655. The van der Waals surface area contributed by atoms with Gasteiger partial charge in [0.15, 0.2) is 0 Å². The maximum Gasteiger partial charge on any atom is 0.146 e. The van der Waals surface area contributed by atoms with Crippen molar-refractivity contribution in [2.45, 2.75) is 58.4 Å². The molecule has 0 radical (unpaired) electrons. The van der Waals surface area contributed by atoms with Crippen LogP contribution in [0.2, 0.25) is 0 Å². The van der Waals surface area contributed by atoms with E-state index in [1.54, 1.807) is 0 Å². The molecule has 2 nitrogen and oxygen atoms in total. The maximum absolute atomic E-state index is 11.5. The van der Waals surface area contributed by atoms with Crippen LogP contribution in [0.3, 0.4) is 0 Å². The van der Waals surface area contributed by atoms with Gasteiger partial charge < -0.3 is 0 Å². The molecule has 0 spiro atoms. The SMILES string of the molecule is CCCC(=O)CN(C)C1CCC(C)CC1. The van der Waals surface area contributed by atoms with Crippen molar-refractivity contribution in [1.29, 1.82) is 0 Å². The Balaban J connectivity index is 2.27. The van der Waals surface area contributed by atoms with Crippen LogP contribution in [0.25, 0.3) is 0 Å². The Kier molecular flexibility index (Phi) is 5.30. The smallest absolute Gasteiger partial charge is 0.146 e. The van der Waals surface area contributed by atoms with Gasteiger partial charge in [0.2, 0.25) is 0 Å². The average molecular weight is 211 g/mol. The summed E-state index contributed by atoms with van der Waals surface area (Å²) < 4.78 is 0. The molecule has 1 rings (SSSR count). The van der Waals surface area contributed by atoms with E-state index in [-0.39, 0.29) is 0 Å². The second-order valence-corrected chi connectivity index (χ2v) is 5.12. The van der Waals surface area contributed by atoms with Gasteiger partial charge in [-0.05, 0) is 45.1 Å². The van der Waals surface area contributed by atoms with E-state index in [9.17, 15) is 4.79 Å². The highest BCUT2D eigenvalue weighted by Gasteiger charge is 2.22. The summed E-state index contributed by atoms with van der Waals surface area (Å²) in [5.74, 6) is 1.29. The van der Waals surface area contributed by atoms with Crippen LogP contribution in [0.15, 0.2) is 0 Å². The monoisotopic (exact) mass is 211 g/mol. The number of carbonyl (C=O) groups is 1. The standard InChI is InChI=1S/C13H25NO/c1-4-5-13(15)10-14(3)12-8-6-11(2)7-9-12/h11-12H,4-10H2,1-3H3. The van der Waals surface area contributed by atoms with Crippen LogP contribution in [-0.2, 0) is 4.79 Å².